The topological polar surface area (TPSA) is 77.9 Å². The zero-order chi connectivity index (χ0) is 11.4. The summed E-state index contributed by atoms with van der Waals surface area (Å²) in [6.07, 6.45) is -0.0292. The lowest BCUT2D eigenvalue weighted by Crippen LogP contribution is -2.57. The van der Waals surface area contributed by atoms with Gasteiger partial charge in [0.2, 0.25) is 5.91 Å². The van der Waals surface area contributed by atoms with Gasteiger partial charge in [-0.1, -0.05) is 0 Å². The van der Waals surface area contributed by atoms with Crippen molar-refractivity contribution in [3.05, 3.63) is 0 Å². The number of rotatable bonds is 3. The molecule has 0 aromatic carbocycles. The SMILES string of the molecule is CC1C(=O)N(CCC=O)CCN1C(=O)O. The van der Waals surface area contributed by atoms with Crippen molar-refractivity contribution in [2.45, 2.75) is 19.4 Å². The third-order valence-electron chi connectivity index (χ3n) is 2.51. The number of carbonyl (C=O) groups is 3. The molecule has 6 nitrogen and oxygen atoms in total. The molecule has 1 fully saturated rings. The van der Waals surface area contributed by atoms with Crippen molar-refractivity contribution < 1.29 is 19.5 Å². The Kier molecular flexibility index (Phi) is 3.65. The summed E-state index contributed by atoms with van der Waals surface area (Å²) >= 11 is 0. The lowest BCUT2D eigenvalue weighted by molar-refractivity contribution is -0.139. The Morgan fingerprint density at radius 1 is 1.60 bits per heavy atom. The van der Waals surface area contributed by atoms with Crippen molar-refractivity contribution in [1.82, 2.24) is 9.80 Å². The molecule has 0 radical (unpaired) electrons. The van der Waals surface area contributed by atoms with Gasteiger partial charge in [-0.2, -0.15) is 0 Å². The summed E-state index contributed by atoms with van der Waals surface area (Å²) in [6.45, 7) is 2.61. The van der Waals surface area contributed by atoms with Crippen LogP contribution in [0.2, 0.25) is 0 Å². The predicted molar refractivity (Wildman–Crippen MR) is 51.5 cm³/mol. The van der Waals surface area contributed by atoms with Gasteiger partial charge in [-0.25, -0.2) is 4.79 Å². The minimum absolute atomic E-state index is 0.231. The molecule has 6 heteroatoms. The maximum atomic E-state index is 11.7. The summed E-state index contributed by atoms with van der Waals surface area (Å²) in [4.78, 5) is 35.2. The van der Waals surface area contributed by atoms with E-state index in [0.29, 0.717) is 26.1 Å². The standard InChI is InChI=1S/C9H14N2O4/c1-7-8(13)10(3-2-6-12)4-5-11(7)9(14)15/h6-7H,2-5H2,1H3,(H,14,15). The highest BCUT2D eigenvalue weighted by molar-refractivity contribution is 5.86. The van der Waals surface area contributed by atoms with E-state index in [-0.39, 0.29) is 5.91 Å². The fourth-order valence-electron chi connectivity index (χ4n) is 1.62. The molecule has 1 aliphatic rings. The van der Waals surface area contributed by atoms with Crippen LogP contribution in [0.25, 0.3) is 0 Å². The van der Waals surface area contributed by atoms with Crippen LogP contribution < -0.4 is 0 Å². The van der Waals surface area contributed by atoms with E-state index >= 15 is 0 Å². The molecule has 0 aliphatic carbocycles. The molecule has 1 aliphatic heterocycles. The Morgan fingerprint density at radius 2 is 2.27 bits per heavy atom. The second kappa shape index (κ2) is 4.77. The molecule has 1 heterocycles. The van der Waals surface area contributed by atoms with Crippen molar-refractivity contribution in [2.75, 3.05) is 19.6 Å². The van der Waals surface area contributed by atoms with E-state index in [4.69, 9.17) is 5.11 Å². The van der Waals surface area contributed by atoms with Crippen LogP contribution in [0.3, 0.4) is 0 Å². The van der Waals surface area contributed by atoms with Gasteiger partial charge in [0.1, 0.15) is 12.3 Å². The molecule has 0 bridgehead atoms. The normalized spacial score (nSPS) is 21.7. The predicted octanol–water partition coefficient (Wildman–Crippen LogP) is -0.214. The highest BCUT2D eigenvalue weighted by atomic mass is 16.4. The van der Waals surface area contributed by atoms with E-state index < -0.39 is 12.1 Å². The summed E-state index contributed by atoms with van der Waals surface area (Å²) in [5, 5.41) is 8.79. The van der Waals surface area contributed by atoms with Gasteiger partial charge in [0.25, 0.3) is 0 Å². The summed E-state index contributed by atoms with van der Waals surface area (Å²) in [5.74, 6) is -0.231. The summed E-state index contributed by atoms with van der Waals surface area (Å²) < 4.78 is 0. The minimum Gasteiger partial charge on any atom is -0.465 e. The Hall–Kier alpha value is -1.59. The number of hydrogen-bond acceptors (Lipinski definition) is 3. The van der Waals surface area contributed by atoms with Crippen LogP contribution in [0.1, 0.15) is 13.3 Å². The maximum absolute atomic E-state index is 11.7. The van der Waals surface area contributed by atoms with E-state index in [1.54, 1.807) is 6.92 Å². The summed E-state index contributed by atoms with van der Waals surface area (Å²) in [7, 11) is 0. The number of carboxylic acid groups (broad SMARTS) is 1. The first-order valence-electron chi connectivity index (χ1n) is 4.80. The van der Waals surface area contributed by atoms with Crippen LogP contribution in [-0.4, -0.2) is 58.9 Å². The molecular weight excluding hydrogens is 200 g/mol. The van der Waals surface area contributed by atoms with Gasteiger partial charge in [-0.15, -0.1) is 0 Å². The first kappa shape index (κ1) is 11.5. The molecule has 15 heavy (non-hydrogen) atoms. The molecule has 0 aromatic rings. The molecule has 0 aromatic heterocycles. The molecule has 1 unspecified atom stereocenters. The van der Waals surface area contributed by atoms with Crippen molar-refractivity contribution in [1.29, 1.82) is 0 Å². The van der Waals surface area contributed by atoms with Gasteiger partial charge >= 0.3 is 6.09 Å². The zero-order valence-electron chi connectivity index (χ0n) is 8.55. The Balaban J connectivity index is 2.60. The highest BCUT2D eigenvalue weighted by Crippen LogP contribution is 2.11. The van der Waals surface area contributed by atoms with Crippen molar-refractivity contribution in [2.24, 2.45) is 0 Å². The number of piperazine rings is 1. The third-order valence-corrected chi connectivity index (χ3v) is 2.51. The van der Waals surface area contributed by atoms with E-state index in [2.05, 4.69) is 0 Å². The molecule has 1 atom stereocenters. The van der Waals surface area contributed by atoms with Crippen LogP contribution in [-0.2, 0) is 9.59 Å². The monoisotopic (exact) mass is 214 g/mol. The number of amides is 2. The Morgan fingerprint density at radius 3 is 2.80 bits per heavy atom. The van der Waals surface area contributed by atoms with Crippen molar-refractivity contribution in [3.63, 3.8) is 0 Å². The van der Waals surface area contributed by atoms with E-state index in [9.17, 15) is 14.4 Å². The van der Waals surface area contributed by atoms with Crippen LogP contribution in [0.5, 0.6) is 0 Å². The number of carbonyl (C=O) groups excluding carboxylic acids is 2. The number of nitrogens with zero attached hydrogens (tertiary/aromatic N) is 2. The second-order valence-corrected chi connectivity index (χ2v) is 3.43. The molecule has 84 valence electrons. The van der Waals surface area contributed by atoms with Gasteiger partial charge < -0.3 is 14.8 Å². The fraction of sp³-hybridized carbons (Fsp3) is 0.667. The van der Waals surface area contributed by atoms with Gasteiger partial charge in [0, 0.05) is 26.1 Å². The Labute approximate surface area is 87.5 Å². The van der Waals surface area contributed by atoms with Crippen molar-refractivity contribution >= 4 is 18.3 Å². The fourth-order valence-corrected chi connectivity index (χ4v) is 1.62. The van der Waals surface area contributed by atoms with Crippen LogP contribution in [0.4, 0.5) is 4.79 Å². The second-order valence-electron chi connectivity index (χ2n) is 3.43. The lowest BCUT2D eigenvalue weighted by Gasteiger charge is -2.37. The lowest BCUT2D eigenvalue weighted by atomic mass is 10.2. The first-order chi connectivity index (χ1) is 7.07. The average molecular weight is 214 g/mol. The van der Waals surface area contributed by atoms with Crippen molar-refractivity contribution in [3.8, 4) is 0 Å². The van der Waals surface area contributed by atoms with E-state index in [1.807, 2.05) is 0 Å². The molecule has 1 saturated heterocycles. The van der Waals surface area contributed by atoms with E-state index in [1.165, 1.54) is 4.90 Å². The largest absolute Gasteiger partial charge is 0.465 e. The molecule has 0 spiro atoms. The minimum atomic E-state index is -1.08. The van der Waals surface area contributed by atoms with Gasteiger partial charge in [-0.05, 0) is 6.92 Å². The quantitative estimate of drug-likeness (QED) is 0.659. The zero-order valence-corrected chi connectivity index (χ0v) is 8.55. The molecule has 1 N–H and O–H groups in total. The molecule has 2 amide bonds. The van der Waals surface area contributed by atoms with E-state index in [0.717, 1.165) is 11.2 Å². The molecular formula is C9H14N2O4. The summed E-state index contributed by atoms with van der Waals surface area (Å²) in [5.41, 5.74) is 0. The first-order valence-corrected chi connectivity index (χ1v) is 4.80. The average Bonchev–Trinajstić information content (AvgIpc) is 2.20. The third kappa shape index (κ3) is 2.45. The number of aldehydes is 1. The van der Waals surface area contributed by atoms with Crippen LogP contribution in [0.15, 0.2) is 0 Å². The van der Waals surface area contributed by atoms with Crippen LogP contribution in [0, 0.1) is 0 Å². The molecule has 0 saturated carbocycles. The smallest absolute Gasteiger partial charge is 0.408 e. The number of hydrogen-bond donors (Lipinski definition) is 1. The van der Waals surface area contributed by atoms with Gasteiger partial charge in [0.15, 0.2) is 0 Å². The van der Waals surface area contributed by atoms with Crippen LogP contribution >= 0.6 is 0 Å². The summed E-state index contributed by atoms with van der Waals surface area (Å²) in [6, 6.07) is -0.650. The maximum Gasteiger partial charge on any atom is 0.408 e. The van der Waals surface area contributed by atoms with Gasteiger partial charge in [-0.3, -0.25) is 9.69 Å². The molecule has 1 rings (SSSR count). The Bertz CT molecular complexity index is 279. The van der Waals surface area contributed by atoms with Gasteiger partial charge in [0.05, 0.1) is 0 Å². The highest BCUT2D eigenvalue weighted by Gasteiger charge is 2.33.